The van der Waals surface area contributed by atoms with Gasteiger partial charge in [0.2, 0.25) is 13.6 Å². The Kier molecular flexibility index (Phi) is 47.2. The third kappa shape index (κ3) is 40.9. The van der Waals surface area contributed by atoms with Gasteiger partial charge in [0.1, 0.15) is 66.4 Å². The Bertz CT molecular complexity index is 4010. The van der Waals surface area contributed by atoms with E-state index in [9.17, 15) is 37.7 Å². The number of rotatable bonds is 31. The minimum absolute atomic E-state index is 0. The van der Waals surface area contributed by atoms with E-state index in [2.05, 4.69) is 64.6 Å². The van der Waals surface area contributed by atoms with Crippen molar-refractivity contribution in [3.05, 3.63) is 93.6 Å². The fraction of sp³-hybridized carbons (Fsp3) is 0.439. The third-order valence-corrected chi connectivity index (χ3v) is 14.9. The zero-order valence-corrected chi connectivity index (χ0v) is 62.6. The molecule has 0 bridgehead atoms. The molecule has 7 rings (SSSR count). The first-order valence-corrected chi connectivity index (χ1v) is 34.9. The van der Waals surface area contributed by atoms with E-state index in [-0.39, 0.29) is 72.3 Å². The van der Waals surface area contributed by atoms with Crippen molar-refractivity contribution in [3.8, 4) is 5.75 Å². The summed E-state index contributed by atoms with van der Waals surface area (Å²) < 4.78 is 122. The summed E-state index contributed by atoms with van der Waals surface area (Å²) in [5, 5.41) is 18.0. The van der Waals surface area contributed by atoms with Gasteiger partial charge in [0.05, 0.1) is 75.2 Å². The van der Waals surface area contributed by atoms with Crippen LogP contribution in [0.15, 0.2) is 93.6 Å². The smallest absolute Gasteiger partial charge is 0.478 e. The average molecular weight is 1610 g/mol. The standard InChI is InChI=1S/C21H29N6O5P.C19H30N5O10P.C9H14N5O4P.2C3H4O2.2CO2.2FH.V.H2/c1-14(2)31-21(28)16(4)26-33(29,32-17-8-6-5-7-9-17)13-30-15(3)10-27-12-25-18-19(22)23-11-24-20(18)27;1-12(2)33-18(25)28-9-31-35(27,32-10-29-19(26)34-13(3)4)11-30-14(5)6-24-8-23-15-16(20)21-7-22-17(15)24;1-6(18-5-19(15,16)17)2-14-4-13-7-8(10)11-3-12-9(7)14;2*1-2-3(4)5;2*2-1-3;;;;/h5-9,11-12,14-16H,10,13H2,1-4H3,(H,26,29)(H2,22,23,24);7-8,12-14H,6,9-11H2,1-5H3,(H2,20,21,22);3-4,6H,2,5H2,1H3,(H2,10,11,12)(H2,15,16,17);2*2H,1H2,(H,4,5);;;2*1H;;1H/t15-,16+,33+;14-;6-;;;;;;;;/m111......../s1/i;;;;;;;;;;1+2D/hT. The summed E-state index contributed by atoms with van der Waals surface area (Å²) in [5.74, 6) is -1.29. The Morgan fingerprint density at radius 3 is 1.22 bits per heavy atom. The maximum atomic E-state index is 13.6. The molecule has 0 unspecified atom stereocenters. The Hall–Kier alpha value is -9.93. The number of nitrogen functional groups attached to an aromatic ring is 3. The number of ether oxygens (including phenoxy) is 8. The number of aliphatic carboxylic acids is 2. The molecule has 43 nitrogen and oxygen atoms in total. The molecule has 11 N–H and O–H groups in total. The van der Waals surface area contributed by atoms with E-state index in [0.29, 0.717) is 58.1 Å². The number of para-hydroxylation sites is 1. The molecule has 1 radical (unpaired) electrons. The van der Waals surface area contributed by atoms with Crippen LogP contribution in [0.5, 0.6) is 5.75 Å². The summed E-state index contributed by atoms with van der Waals surface area (Å²) in [4.78, 5) is 140. The molecule has 5 atom stereocenters. The summed E-state index contributed by atoms with van der Waals surface area (Å²) >= 11 is 0. The molecular formula is C57H85F2N16O27P3V. The summed E-state index contributed by atoms with van der Waals surface area (Å²) in [6, 6.07) is 7.83. The van der Waals surface area contributed by atoms with E-state index in [0.717, 1.165) is 12.2 Å². The molecule has 0 fully saturated rings. The van der Waals surface area contributed by atoms with Gasteiger partial charge < -0.3 is 93.3 Å². The molecule has 0 aliphatic rings. The molecule has 0 spiro atoms. The van der Waals surface area contributed by atoms with Gasteiger partial charge in [-0.25, -0.2) is 69.1 Å². The Morgan fingerprint density at radius 1 is 0.585 bits per heavy atom. The predicted octanol–water partition coefficient (Wildman–Crippen LogP) is 5.85. The van der Waals surface area contributed by atoms with Gasteiger partial charge in [-0.3, -0.25) is 37.0 Å². The van der Waals surface area contributed by atoms with Crippen LogP contribution in [0.3, 0.4) is 0 Å². The van der Waals surface area contributed by atoms with E-state index in [1.54, 1.807) is 107 Å². The normalized spacial score (nSPS) is 12.3. The number of nitrogens with zero attached hydrogens (tertiary/aromatic N) is 12. The maximum absolute atomic E-state index is 13.6. The molecule has 7 aromatic rings. The Balaban J connectivity index is -0.000000684. The third-order valence-electron chi connectivity index (χ3n) is 11.2. The number of carbonyl (C=O) groups is 5. The van der Waals surface area contributed by atoms with Crippen molar-refractivity contribution in [2.45, 2.75) is 132 Å². The van der Waals surface area contributed by atoms with Crippen LogP contribution in [-0.2, 0) is 132 Å². The number of imidazole rings is 3. The van der Waals surface area contributed by atoms with Crippen molar-refractivity contribution >= 4 is 116 Å². The van der Waals surface area contributed by atoms with E-state index in [4.69, 9.17) is 116 Å². The zero-order valence-electron chi connectivity index (χ0n) is 61.5. The van der Waals surface area contributed by atoms with Crippen molar-refractivity contribution in [1.29, 1.82) is 1.45 Å². The number of fused-ring (bicyclic) bond motifs is 3. The monoisotopic (exact) mass is 1610 g/mol. The van der Waals surface area contributed by atoms with Crippen molar-refractivity contribution in [2.24, 2.45) is 0 Å². The summed E-state index contributed by atoms with van der Waals surface area (Å²) in [7, 11) is -11.9. The summed E-state index contributed by atoms with van der Waals surface area (Å²) in [5.41, 5.74) is 20.3. The van der Waals surface area contributed by atoms with E-state index in [1.165, 1.54) is 31.6 Å². The number of nitrogens with one attached hydrogen (secondary N) is 1. The molecule has 0 saturated carbocycles. The van der Waals surface area contributed by atoms with Crippen LogP contribution >= 0.6 is 22.7 Å². The largest absolute Gasteiger partial charge is 0.510 e. The molecule has 1 aromatic carbocycles. The first-order valence-electron chi connectivity index (χ1n) is 31.0. The molecule has 106 heavy (non-hydrogen) atoms. The number of hydrogen-bond acceptors (Lipinski definition) is 35. The van der Waals surface area contributed by atoms with Gasteiger partial charge in [0.25, 0.3) is 1.45 Å². The molecule has 0 aliphatic carbocycles. The van der Waals surface area contributed by atoms with Crippen LogP contribution in [0, 0.1) is 0 Å². The van der Waals surface area contributed by atoms with Gasteiger partial charge >= 0.3 is 65.2 Å². The molecule has 49 heteroatoms. The van der Waals surface area contributed by atoms with Crippen molar-refractivity contribution in [3.63, 3.8) is 0 Å². The van der Waals surface area contributed by atoms with Gasteiger partial charge in [0, 0.05) is 33.7 Å². The first kappa shape index (κ1) is 96.1. The SMILES string of the molecule is C=CC(=O)O.C=CC(=O)O.CC(C)OC(=O)OCOP(=O)(CO[C@H](C)Cn1cnc2c(N)ncnc21)OCOC(=O)OC(C)C.CC(C)OC(=O)[C@H](C)N[P@](=O)(CO[C@H](C)Cn1cnc2c(N)ncnc21)Oc1ccccc1.C[C@H](Cn1cnc2c(N)ncnc21)OCP(=O)(O)O.F.O=C=O.O=C=O.[2H][3H].[3H]F.[V]. The average Bonchev–Trinajstić information content (AvgIpc) is 1.70. The van der Waals surface area contributed by atoms with Crippen LogP contribution in [0.4, 0.5) is 36.5 Å². The minimum atomic E-state index is -4.16. The quantitative estimate of drug-likeness (QED) is 0.00830. The van der Waals surface area contributed by atoms with Gasteiger partial charge in [0.15, 0.2) is 34.4 Å². The number of esters is 1. The number of nitrogens with two attached hydrogens (primary N) is 3. The van der Waals surface area contributed by atoms with Crippen molar-refractivity contribution in [2.75, 3.05) is 49.8 Å². The second-order valence-electron chi connectivity index (χ2n) is 20.9. The molecule has 6 heterocycles. The fourth-order valence-corrected chi connectivity index (χ4v) is 10.4. The van der Waals surface area contributed by atoms with Crippen LogP contribution in [0.25, 0.3) is 33.5 Å². The number of aromatic nitrogens is 12. The van der Waals surface area contributed by atoms with Crippen molar-refractivity contribution in [1.82, 2.24) is 63.6 Å². The first-order chi connectivity index (χ1) is 50.4. The van der Waals surface area contributed by atoms with Crippen LogP contribution in [0.2, 0.25) is 0 Å². The second-order valence-corrected chi connectivity index (χ2v) is 26.5. The van der Waals surface area contributed by atoms with Crippen LogP contribution in [-0.4, -0.2) is 198 Å². The number of halogens is 2. The number of carbonyl (C=O) groups excluding carboxylic acids is 7. The number of hydrogen-bond donors (Lipinski definition) is 8. The fourth-order valence-electron chi connectivity index (χ4n) is 7.05. The summed E-state index contributed by atoms with van der Waals surface area (Å²) in [6.07, 6.45) is 4.89. The minimum Gasteiger partial charge on any atom is -0.478 e. The summed E-state index contributed by atoms with van der Waals surface area (Å²) in [6.45, 7) is 22.2. The van der Waals surface area contributed by atoms with Gasteiger partial charge in [-0.15, -0.1) is 0 Å². The molecule has 6 aromatic heterocycles. The number of carboxylic acid groups (broad SMARTS) is 2. The van der Waals surface area contributed by atoms with E-state index in [1.807, 2.05) is 13.0 Å². The molecule has 0 amide bonds. The van der Waals surface area contributed by atoms with E-state index >= 15 is 0 Å². The van der Waals surface area contributed by atoms with Crippen molar-refractivity contribution < 1.29 is 159 Å². The molecule has 589 valence electrons. The molecule has 0 aliphatic heterocycles. The van der Waals surface area contributed by atoms with Crippen LogP contribution in [0.1, 0.15) is 72.2 Å². The second kappa shape index (κ2) is 52.1. The number of carboxylic acids is 2. The predicted molar refractivity (Wildman–Crippen MR) is 364 cm³/mol. The van der Waals surface area contributed by atoms with Gasteiger partial charge in [-0.05, 0) is 81.4 Å². The van der Waals surface area contributed by atoms with Crippen LogP contribution < -0.4 is 26.8 Å². The number of benzene rings is 1. The molecular weight excluding hydrogens is 1520 g/mol. The maximum Gasteiger partial charge on any atom is 0.510 e. The topological polar surface area (TPSA) is 608 Å². The molecule has 0 saturated heterocycles. The zero-order chi connectivity index (χ0) is 82.0. The Morgan fingerprint density at radius 2 is 0.906 bits per heavy atom. The number of anilines is 3. The van der Waals surface area contributed by atoms with Gasteiger partial charge in [-0.1, -0.05) is 31.4 Å². The van der Waals surface area contributed by atoms with E-state index < -0.39 is 110 Å². The van der Waals surface area contributed by atoms with Gasteiger partial charge in [-0.2, -0.15) is 19.2 Å². The Labute approximate surface area is 619 Å².